The van der Waals surface area contributed by atoms with Crippen molar-refractivity contribution in [1.82, 2.24) is 4.98 Å². The molecule has 1 fully saturated rings. The lowest BCUT2D eigenvalue weighted by atomic mass is 9.99. The third-order valence-corrected chi connectivity index (χ3v) is 3.34. The molecule has 1 saturated heterocycles. The Kier molecular flexibility index (Phi) is 3.76. The van der Waals surface area contributed by atoms with E-state index in [0.717, 1.165) is 31.7 Å². The number of aryl methyl sites for hydroxylation is 1. The van der Waals surface area contributed by atoms with Gasteiger partial charge in [0.15, 0.2) is 0 Å². The van der Waals surface area contributed by atoms with Crippen LogP contribution in [0.15, 0.2) is 12.1 Å². The van der Waals surface area contributed by atoms with Crippen molar-refractivity contribution >= 4 is 11.5 Å². The van der Waals surface area contributed by atoms with Gasteiger partial charge in [-0.15, -0.1) is 0 Å². The number of aliphatic hydroxyl groups is 1. The largest absolute Gasteiger partial charge is 0.396 e. The first-order chi connectivity index (χ1) is 8.61. The highest BCUT2D eigenvalue weighted by atomic mass is 16.6. The summed E-state index contributed by atoms with van der Waals surface area (Å²) < 4.78 is 0. The zero-order valence-electron chi connectivity index (χ0n) is 10.4. The number of nitrogens with zero attached hydrogens (tertiary/aromatic N) is 3. The van der Waals surface area contributed by atoms with Crippen LogP contribution < -0.4 is 4.90 Å². The van der Waals surface area contributed by atoms with Crippen molar-refractivity contribution in [2.24, 2.45) is 5.92 Å². The van der Waals surface area contributed by atoms with Crippen LogP contribution in [0.5, 0.6) is 0 Å². The third-order valence-electron chi connectivity index (χ3n) is 3.34. The van der Waals surface area contributed by atoms with Gasteiger partial charge in [0.25, 0.3) is 5.69 Å². The lowest BCUT2D eigenvalue weighted by Gasteiger charge is -2.32. The molecule has 0 amide bonds. The SMILES string of the molecule is Cc1nc(N2CCCC(CO)C2)ccc1[N+](=O)[O-]. The maximum absolute atomic E-state index is 10.7. The monoisotopic (exact) mass is 251 g/mol. The summed E-state index contributed by atoms with van der Waals surface area (Å²) in [5.74, 6) is 1.03. The summed E-state index contributed by atoms with van der Waals surface area (Å²) in [5, 5.41) is 19.9. The molecule has 0 bridgehead atoms. The van der Waals surface area contributed by atoms with E-state index in [4.69, 9.17) is 0 Å². The number of hydrogen-bond acceptors (Lipinski definition) is 5. The van der Waals surface area contributed by atoms with Gasteiger partial charge in [0.05, 0.1) is 4.92 Å². The van der Waals surface area contributed by atoms with Gasteiger partial charge >= 0.3 is 0 Å². The Hall–Kier alpha value is -1.69. The molecule has 0 radical (unpaired) electrons. The van der Waals surface area contributed by atoms with Crippen LogP contribution in [0.4, 0.5) is 11.5 Å². The summed E-state index contributed by atoms with van der Waals surface area (Å²) >= 11 is 0. The highest BCUT2D eigenvalue weighted by Gasteiger charge is 2.21. The first-order valence-electron chi connectivity index (χ1n) is 6.09. The number of hydrogen-bond donors (Lipinski definition) is 1. The number of pyridine rings is 1. The fraction of sp³-hybridized carbons (Fsp3) is 0.583. The van der Waals surface area contributed by atoms with E-state index in [1.165, 1.54) is 6.07 Å². The average molecular weight is 251 g/mol. The number of aromatic nitrogens is 1. The second kappa shape index (κ2) is 5.30. The second-order valence-corrected chi connectivity index (χ2v) is 4.67. The molecule has 0 aliphatic carbocycles. The van der Waals surface area contributed by atoms with E-state index in [1.807, 2.05) is 0 Å². The van der Waals surface area contributed by atoms with E-state index < -0.39 is 4.92 Å². The molecule has 1 aromatic heterocycles. The Morgan fingerprint density at radius 1 is 1.61 bits per heavy atom. The first-order valence-corrected chi connectivity index (χ1v) is 6.09. The fourth-order valence-corrected chi connectivity index (χ4v) is 2.33. The summed E-state index contributed by atoms with van der Waals surface area (Å²) in [7, 11) is 0. The molecular weight excluding hydrogens is 234 g/mol. The molecule has 1 aliphatic heterocycles. The van der Waals surface area contributed by atoms with Crippen molar-refractivity contribution in [3.05, 3.63) is 27.9 Å². The molecule has 6 heteroatoms. The maximum atomic E-state index is 10.7. The van der Waals surface area contributed by atoms with Crippen molar-refractivity contribution in [2.75, 3.05) is 24.6 Å². The minimum atomic E-state index is -0.418. The Balaban J connectivity index is 2.18. The van der Waals surface area contributed by atoms with E-state index in [0.29, 0.717) is 5.69 Å². The molecular formula is C12H17N3O3. The van der Waals surface area contributed by atoms with E-state index in [1.54, 1.807) is 13.0 Å². The van der Waals surface area contributed by atoms with Crippen LogP contribution in [0.25, 0.3) is 0 Å². The van der Waals surface area contributed by atoms with Crippen LogP contribution in [0, 0.1) is 23.0 Å². The predicted octanol–water partition coefficient (Wildman–Crippen LogP) is 1.51. The van der Waals surface area contributed by atoms with Gasteiger partial charge in [0, 0.05) is 25.8 Å². The number of rotatable bonds is 3. The van der Waals surface area contributed by atoms with E-state index in [2.05, 4.69) is 9.88 Å². The van der Waals surface area contributed by atoms with Crippen molar-refractivity contribution in [1.29, 1.82) is 0 Å². The Bertz CT molecular complexity index is 450. The number of aliphatic hydroxyl groups excluding tert-OH is 1. The molecule has 2 heterocycles. The normalized spacial score (nSPS) is 19.9. The van der Waals surface area contributed by atoms with Gasteiger partial charge in [-0.05, 0) is 31.7 Å². The predicted molar refractivity (Wildman–Crippen MR) is 67.7 cm³/mol. The standard InChI is InChI=1S/C12H17N3O3/c1-9-11(15(17)18)4-5-12(13-9)14-6-2-3-10(7-14)8-16/h4-5,10,16H,2-3,6-8H2,1H3. The highest BCUT2D eigenvalue weighted by molar-refractivity contribution is 5.47. The summed E-state index contributed by atoms with van der Waals surface area (Å²) in [6.45, 7) is 3.49. The van der Waals surface area contributed by atoms with E-state index >= 15 is 0 Å². The molecule has 18 heavy (non-hydrogen) atoms. The molecule has 1 aromatic rings. The van der Waals surface area contributed by atoms with E-state index in [9.17, 15) is 15.2 Å². The lowest BCUT2D eigenvalue weighted by molar-refractivity contribution is -0.385. The van der Waals surface area contributed by atoms with Gasteiger partial charge in [0.1, 0.15) is 11.5 Å². The smallest absolute Gasteiger partial charge is 0.290 e. The number of nitro groups is 1. The van der Waals surface area contributed by atoms with Crippen LogP contribution >= 0.6 is 0 Å². The van der Waals surface area contributed by atoms with Crippen LogP contribution in [0.3, 0.4) is 0 Å². The molecule has 1 N–H and O–H groups in total. The summed E-state index contributed by atoms with van der Waals surface area (Å²) in [6, 6.07) is 3.19. The Morgan fingerprint density at radius 2 is 2.39 bits per heavy atom. The Labute approximate surface area is 105 Å². The van der Waals surface area contributed by atoms with Crippen LogP contribution in [-0.2, 0) is 0 Å². The number of piperidine rings is 1. The molecule has 98 valence electrons. The van der Waals surface area contributed by atoms with Gasteiger partial charge in [0.2, 0.25) is 0 Å². The molecule has 0 aromatic carbocycles. The summed E-state index contributed by atoms with van der Waals surface area (Å²) in [6.07, 6.45) is 2.04. The fourth-order valence-electron chi connectivity index (χ4n) is 2.33. The molecule has 6 nitrogen and oxygen atoms in total. The van der Waals surface area contributed by atoms with E-state index in [-0.39, 0.29) is 18.2 Å². The quantitative estimate of drug-likeness (QED) is 0.650. The molecule has 1 unspecified atom stereocenters. The minimum absolute atomic E-state index is 0.0504. The second-order valence-electron chi connectivity index (χ2n) is 4.67. The van der Waals surface area contributed by atoms with Crippen molar-refractivity contribution < 1.29 is 10.0 Å². The lowest BCUT2D eigenvalue weighted by Crippen LogP contribution is -2.37. The molecule has 1 atom stereocenters. The highest BCUT2D eigenvalue weighted by Crippen LogP contribution is 2.24. The van der Waals surface area contributed by atoms with Crippen molar-refractivity contribution in [3.63, 3.8) is 0 Å². The van der Waals surface area contributed by atoms with Crippen molar-refractivity contribution in [3.8, 4) is 0 Å². The van der Waals surface area contributed by atoms with Crippen LogP contribution in [-0.4, -0.2) is 34.7 Å². The van der Waals surface area contributed by atoms with Gasteiger partial charge in [-0.1, -0.05) is 0 Å². The van der Waals surface area contributed by atoms with Crippen LogP contribution in [0.1, 0.15) is 18.5 Å². The Morgan fingerprint density at radius 3 is 3.00 bits per heavy atom. The zero-order valence-corrected chi connectivity index (χ0v) is 10.4. The number of anilines is 1. The third kappa shape index (κ3) is 2.59. The van der Waals surface area contributed by atoms with Gasteiger partial charge in [-0.25, -0.2) is 4.98 Å². The molecule has 0 saturated carbocycles. The first kappa shape index (κ1) is 12.8. The topological polar surface area (TPSA) is 79.5 Å². The molecule has 1 aliphatic rings. The van der Waals surface area contributed by atoms with Gasteiger partial charge < -0.3 is 10.0 Å². The molecule has 2 rings (SSSR count). The van der Waals surface area contributed by atoms with Crippen LogP contribution in [0.2, 0.25) is 0 Å². The maximum Gasteiger partial charge on any atom is 0.290 e. The van der Waals surface area contributed by atoms with Crippen molar-refractivity contribution in [2.45, 2.75) is 19.8 Å². The molecule has 0 spiro atoms. The average Bonchev–Trinajstić information content (AvgIpc) is 2.38. The summed E-state index contributed by atoms with van der Waals surface area (Å²) in [4.78, 5) is 16.7. The minimum Gasteiger partial charge on any atom is -0.396 e. The zero-order chi connectivity index (χ0) is 13.1. The van der Waals surface area contributed by atoms with Gasteiger partial charge in [-0.2, -0.15) is 0 Å². The summed E-state index contributed by atoms with van der Waals surface area (Å²) in [5.41, 5.74) is 0.484. The van der Waals surface area contributed by atoms with Gasteiger partial charge in [-0.3, -0.25) is 10.1 Å².